The molecule has 0 spiro atoms. The second kappa shape index (κ2) is 3.62. The lowest BCUT2D eigenvalue weighted by Gasteiger charge is -2.12. The number of hydrogen-bond acceptors (Lipinski definition) is 3. The van der Waals surface area contributed by atoms with Crippen LogP contribution in [0, 0.1) is 10.1 Å². The molecule has 0 atom stereocenters. The van der Waals surface area contributed by atoms with Gasteiger partial charge in [0.2, 0.25) is 0 Å². The van der Waals surface area contributed by atoms with Crippen LogP contribution in [-0.2, 0) is 0 Å². The Morgan fingerprint density at radius 2 is 2.08 bits per heavy atom. The first-order chi connectivity index (χ1) is 6.02. The van der Waals surface area contributed by atoms with Gasteiger partial charge in [-0.2, -0.15) is 0 Å². The SMILES string of the molecule is CN(C)c1ccc(Cl)cc1[N+](=O)[O-]. The van der Waals surface area contributed by atoms with Crippen LogP contribution >= 0.6 is 11.6 Å². The van der Waals surface area contributed by atoms with E-state index in [1.807, 2.05) is 0 Å². The van der Waals surface area contributed by atoms with Gasteiger partial charge >= 0.3 is 0 Å². The van der Waals surface area contributed by atoms with E-state index >= 15 is 0 Å². The van der Waals surface area contributed by atoms with Crippen LogP contribution in [0.4, 0.5) is 11.4 Å². The minimum Gasteiger partial charge on any atom is -0.372 e. The Balaban J connectivity index is 3.27. The summed E-state index contributed by atoms with van der Waals surface area (Å²) < 4.78 is 0. The molecule has 13 heavy (non-hydrogen) atoms. The number of benzene rings is 1. The molecule has 1 aromatic rings. The van der Waals surface area contributed by atoms with E-state index in [0.717, 1.165) is 0 Å². The molecule has 0 N–H and O–H groups in total. The average molecular weight is 201 g/mol. The third kappa shape index (κ3) is 2.09. The molecule has 1 rings (SSSR count). The molecule has 0 aliphatic carbocycles. The maximum absolute atomic E-state index is 10.6. The van der Waals surface area contributed by atoms with Crippen LogP contribution in [0.15, 0.2) is 18.2 Å². The molecule has 0 aliphatic rings. The molecule has 0 saturated heterocycles. The van der Waals surface area contributed by atoms with Gasteiger partial charge in [-0.15, -0.1) is 0 Å². The first kappa shape index (κ1) is 9.80. The summed E-state index contributed by atoms with van der Waals surface area (Å²) in [5.74, 6) is 0. The summed E-state index contributed by atoms with van der Waals surface area (Å²) in [7, 11) is 3.49. The largest absolute Gasteiger partial charge is 0.372 e. The molecule has 4 nitrogen and oxygen atoms in total. The number of halogens is 1. The Morgan fingerprint density at radius 1 is 1.46 bits per heavy atom. The monoisotopic (exact) mass is 200 g/mol. The summed E-state index contributed by atoms with van der Waals surface area (Å²) in [6.45, 7) is 0. The number of nitro benzene ring substituents is 1. The second-order valence-corrected chi connectivity index (χ2v) is 3.22. The molecule has 1 aromatic carbocycles. The molecule has 0 aliphatic heterocycles. The molecule has 0 bridgehead atoms. The zero-order chi connectivity index (χ0) is 10.0. The van der Waals surface area contributed by atoms with Gasteiger partial charge in [0.05, 0.1) is 4.92 Å². The van der Waals surface area contributed by atoms with E-state index in [1.165, 1.54) is 6.07 Å². The third-order valence-electron chi connectivity index (χ3n) is 1.62. The van der Waals surface area contributed by atoms with Crippen molar-refractivity contribution in [3.8, 4) is 0 Å². The van der Waals surface area contributed by atoms with Crippen molar-refractivity contribution in [2.75, 3.05) is 19.0 Å². The quantitative estimate of drug-likeness (QED) is 0.544. The summed E-state index contributed by atoms with van der Waals surface area (Å²) in [4.78, 5) is 11.8. The van der Waals surface area contributed by atoms with Gasteiger partial charge in [0.25, 0.3) is 5.69 Å². The van der Waals surface area contributed by atoms with Gasteiger partial charge in [-0.3, -0.25) is 10.1 Å². The van der Waals surface area contributed by atoms with Crippen molar-refractivity contribution in [2.24, 2.45) is 0 Å². The molecule has 0 unspecified atom stereocenters. The Bertz CT molecular complexity index is 339. The number of nitro groups is 1. The minimum atomic E-state index is -0.443. The van der Waals surface area contributed by atoms with Gasteiger partial charge in [0, 0.05) is 25.2 Å². The van der Waals surface area contributed by atoms with Crippen molar-refractivity contribution in [3.05, 3.63) is 33.3 Å². The fourth-order valence-corrected chi connectivity index (χ4v) is 1.19. The Kier molecular flexibility index (Phi) is 2.72. The van der Waals surface area contributed by atoms with Crippen LogP contribution in [0.25, 0.3) is 0 Å². The van der Waals surface area contributed by atoms with Crippen LogP contribution in [0.5, 0.6) is 0 Å². The Morgan fingerprint density at radius 3 is 2.54 bits per heavy atom. The topological polar surface area (TPSA) is 46.4 Å². The zero-order valence-corrected chi connectivity index (χ0v) is 8.08. The van der Waals surface area contributed by atoms with Crippen molar-refractivity contribution in [1.29, 1.82) is 0 Å². The van der Waals surface area contributed by atoms with Crippen LogP contribution < -0.4 is 4.90 Å². The lowest BCUT2D eigenvalue weighted by Crippen LogP contribution is -2.10. The van der Waals surface area contributed by atoms with Crippen LogP contribution in [0.3, 0.4) is 0 Å². The van der Waals surface area contributed by atoms with Gasteiger partial charge < -0.3 is 4.90 Å². The van der Waals surface area contributed by atoms with E-state index in [1.54, 1.807) is 31.1 Å². The number of anilines is 1. The van der Waals surface area contributed by atoms with Gasteiger partial charge in [0.1, 0.15) is 5.69 Å². The molecule has 0 saturated carbocycles. The predicted molar refractivity (Wildman–Crippen MR) is 52.4 cm³/mol. The highest BCUT2D eigenvalue weighted by molar-refractivity contribution is 6.30. The molecule has 0 amide bonds. The van der Waals surface area contributed by atoms with E-state index in [-0.39, 0.29) is 5.69 Å². The van der Waals surface area contributed by atoms with Gasteiger partial charge in [0.15, 0.2) is 0 Å². The van der Waals surface area contributed by atoms with Crippen molar-refractivity contribution >= 4 is 23.0 Å². The fourth-order valence-electron chi connectivity index (χ4n) is 1.02. The standard InChI is InChI=1S/C8H9ClN2O2/c1-10(2)7-4-3-6(9)5-8(7)11(12)13/h3-5H,1-2H3. The average Bonchev–Trinajstić information content (AvgIpc) is 2.03. The third-order valence-corrected chi connectivity index (χ3v) is 1.85. The van der Waals surface area contributed by atoms with Crippen LogP contribution in [-0.4, -0.2) is 19.0 Å². The minimum absolute atomic E-state index is 0.0255. The van der Waals surface area contributed by atoms with Gasteiger partial charge in [-0.1, -0.05) is 11.6 Å². The maximum atomic E-state index is 10.6. The molecule has 0 radical (unpaired) electrons. The maximum Gasteiger partial charge on any atom is 0.293 e. The molecule has 0 fully saturated rings. The molecule has 70 valence electrons. The van der Waals surface area contributed by atoms with Crippen LogP contribution in [0.1, 0.15) is 0 Å². The van der Waals surface area contributed by atoms with E-state index in [0.29, 0.717) is 10.7 Å². The summed E-state index contributed by atoms with van der Waals surface area (Å²) in [6.07, 6.45) is 0. The zero-order valence-electron chi connectivity index (χ0n) is 7.32. The summed E-state index contributed by atoms with van der Waals surface area (Å²) in [6, 6.07) is 4.60. The van der Waals surface area contributed by atoms with Crippen LogP contribution in [0.2, 0.25) is 5.02 Å². The first-order valence-corrected chi connectivity index (χ1v) is 4.01. The van der Waals surface area contributed by atoms with Crippen molar-refractivity contribution in [1.82, 2.24) is 0 Å². The molecular weight excluding hydrogens is 192 g/mol. The van der Waals surface area contributed by atoms with Crippen molar-refractivity contribution in [3.63, 3.8) is 0 Å². The molecule has 5 heteroatoms. The highest BCUT2D eigenvalue weighted by Gasteiger charge is 2.15. The van der Waals surface area contributed by atoms with Gasteiger partial charge in [-0.05, 0) is 12.1 Å². The van der Waals surface area contributed by atoms with Crippen molar-refractivity contribution < 1.29 is 4.92 Å². The summed E-state index contributed by atoms with van der Waals surface area (Å²) >= 11 is 5.64. The molecule has 0 aromatic heterocycles. The van der Waals surface area contributed by atoms with Gasteiger partial charge in [-0.25, -0.2) is 0 Å². The normalized spacial score (nSPS) is 9.77. The molecule has 0 heterocycles. The molecular formula is C8H9ClN2O2. The van der Waals surface area contributed by atoms with E-state index in [4.69, 9.17) is 11.6 Å². The number of nitrogens with zero attached hydrogens (tertiary/aromatic N) is 2. The van der Waals surface area contributed by atoms with E-state index in [2.05, 4.69) is 0 Å². The fraction of sp³-hybridized carbons (Fsp3) is 0.250. The Hall–Kier alpha value is -1.29. The summed E-state index contributed by atoms with van der Waals surface area (Å²) in [5, 5.41) is 11.0. The lowest BCUT2D eigenvalue weighted by atomic mass is 10.2. The number of rotatable bonds is 2. The highest BCUT2D eigenvalue weighted by Crippen LogP contribution is 2.29. The lowest BCUT2D eigenvalue weighted by molar-refractivity contribution is -0.384. The highest BCUT2D eigenvalue weighted by atomic mass is 35.5. The smallest absolute Gasteiger partial charge is 0.293 e. The van der Waals surface area contributed by atoms with Crippen molar-refractivity contribution in [2.45, 2.75) is 0 Å². The second-order valence-electron chi connectivity index (χ2n) is 2.78. The Labute approximate surface area is 80.9 Å². The van der Waals surface area contributed by atoms with E-state index < -0.39 is 4.92 Å². The summed E-state index contributed by atoms with van der Waals surface area (Å²) in [5.41, 5.74) is 0.576. The number of hydrogen-bond donors (Lipinski definition) is 0. The first-order valence-electron chi connectivity index (χ1n) is 3.63. The van der Waals surface area contributed by atoms with E-state index in [9.17, 15) is 10.1 Å². The predicted octanol–water partition coefficient (Wildman–Crippen LogP) is 2.31.